The van der Waals surface area contributed by atoms with Gasteiger partial charge in [-0.3, -0.25) is 14.5 Å². The molecule has 2 bridgehead atoms. The van der Waals surface area contributed by atoms with Crippen LogP contribution in [0.25, 0.3) is 22.5 Å². The molecule has 0 unspecified atom stereocenters. The molecule has 0 radical (unpaired) electrons. The molecule has 3 aromatic heterocycles. The highest BCUT2D eigenvalue weighted by Crippen LogP contribution is 2.37. The Morgan fingerprint density at radius 2 is 1.97 bits per heavy atom. The Balaban J connectivity index is 1.62. The number of halogens is 1. The van der Waals surface area contributed by atoms with Gasteiger partial charge in [0.2, 0.25) is 0 Å². The molecule has 8 heteroatoms. The van der Waals surface area contributed by atoms with Crippen molar-refractivity contribution in [2.75, 3.05) is 5.73 Å². The van der Waals surface area contributed by atoms with Crippen molar-refractivity contribution in [1.29, 1.82) is 0 Å². The van der Waals surface area contributed by atoms with Gasteiger partial charge in [0.25, 0.3) is 0 Å². The number of nitrogen functional groups attached to an aromatic ring is 1. The third kappa shape index (κ3) is 3.44. The van der Waals surface area contributed by atoms with E-state index >= 15 is 0 Å². The number of aromatic nitrogens is 4. The van der Waals surface area contributed by atoms with Gasteiger partial charge in [0.05, 0.1) is 23.1 Å². The number of carbonyl (C=O) groups excluding carboxylic acids is 1. The number of anilines is 1. The normalized spacial score (nSPS) is 14.9. The predicted octanol–water partition coefficient (Wildman–Crippen LogP) is 4.26. The highest BCUT2D eigenvalue weighted by molar-refractivity contribution is 6.15. The van der Waals surface area contributed by atoms with Gasteiger partial charge in [-0.1, -0.05) is 0 Å². The van der Waals surface area contributed by atoms with Crippen LogP contribution in [0.3, 0.4) is 0 Å². The molecule has 0 amide bonds. The molecular formula is C25H20FN5O2. The Hall–Kier alpha value is -4.07. The first-order chi connectivity index (χ1) is 16.1. The molecule has 0 atom stereocenters. The first kappa shape index (κ1) is 19.6. The molecule has 4 heterocycles. The van der Waals surface area contributed by atoms with Gasteiger partial charge >= 0.3 is 0 Å². The molecule has 0 saturated heterocycles. The van der Waals surface area contributed by atoms with Crippen molar-refractivity contribution in [3.63, 3.8) is 0 Å². The zero-order valence-electron chi connectivity index (χ0n) is 17.7. The summed E-state index contributed by atoms with van der Waals surface area (Å²) in [7, 11) is 0. The molecule has 1 aliphatic carbocycles. The number of fused-ring (bicyclic) bond motifs is 7. The second-order valence-corrected chi connectivity index (χ2v) is 8.46. The van der Waals surface area contributed by atoms with Crippen molar-refractivity contribution in [3.8, 4) is 28.3 Å². The lowest BCUT2D eigenvalue weighted by Gasteiger charge is -2.17. The number of carbonyl (C=O) groups is 1. The summed E-state index contributed by atoms with van der Waals surface area (Å²) in [6.45, 7) is 0.770. The number of rotatable bonds is 2. The average molecular weight is 441 g/mol. The van der Waals surface area contributed by atoms with Crippen molar-refractivity contribution < 1.29 is 13.9 Å². The average Bonchev–Trinajstić information content (AvgIpc) is 3.54. The topological polar surface area (TPSA) is 95.9 Å². The van der Waals surface area contributed by atoms with E-state index in [0.717, 1.165) is 19.4 Å². The van der Waals surface area contributed by atoms with Crippen molar-refractivity contribution in [2.45, 2.75) is 26.0 Å². The SMILES string of the molecule is Nc1ncc2cc1OCc1cc(F)ccc1-c1ncccc1C(=O)c1cnn(CC3CC3)c1-2. The smallest absolute Gasteiger partial charge is 0.199 e. The summed E-state index contributed by atoms with van der Waals surface area (Å²) in [6.07, 6.45) is 7.15. The van der Waals surface area contributed by atoms with Crippen molar-refractivity contribution >= 4 is 11.6 Å². The number of ether oxygens (including phenoxy) is 1. The Morgan fingerprint density at radius 3 is 2.82 bits per heavy atom. The zero-order chi connectivity index (χ0) is 22.5. The van der Waals surface area contributed by atoms with Crippen LogP contribution < -0.4 is 10.5 Å². The molecule has 4 aromatic rings. The number of nitrogens with two attached hydrogens (primary N) is 1. The molecule has 164 valence electrons. The fourth-order valence-electron chi connectivity index (χ4n) is 4.26. The van der Waals surface area contributed by atoms with E-state index in [1.165, 1.54) is 12.1 Å². The molecule has 0 spiro atoms. The van der Waals surface area contributed by atoms with Gasteiger partial charge in [-0.2, -0.15) is 5.10 Å². The van der Waals surface area contributed by atoms with Crippen LogP contribution in [0, 0.1) is 11.7 Å². The maximum Gasteiger partial charge on any atom is 0.199 e. The summed E-state index contributed by atoms with van der Waals surface area (Å²) in [5.41, 5.74) is 9.96. The second-order valence-electron chi connectivity index (χ2n) is 8.46. The molecule has 2 aliphatic rings. The largest absolute Gasteiger partial charge is 0.485 e. The van der Waals surface area contributed by atoms with Gasteiger partial charge in [0, 0.05) is 41.2 Å². The summed E-state index contributed by atoms with van der Waals surface area (Å²) in [4.78, 5) is 22.6. The molecule has 1 aromatic carbocycles. The molecule has 2 N–H and O–H groups in total. The number of hydrogen-bond donors (Lipinski definition) is 1. The van der Waals surface area contributed by atoms with E-state index in [1.807, 2.05) is 4.68 Å². The standard InChI is InChI=1S/C25H20FN5O2/c26-17-5-6-18-16(8-17)13-33-21-9-15(10-29-25(21)27)23-20(11-30-31(23)12-14-3-4-14)24(32)19-2-1-7-28-22(18)19/h1-2,5-11,14H,3-4,12-13H2,(H2,27,29). The molecule has 7 nitrogen and oxygen atoms in total. The van der Waals surface area contributed by atoms with E-state index in [2.05, 4.69) is 15.1 Å². The maximum absolute atomic E-state index is 14.1. The minimum atomic E-state index is -0.406. The van der Waals surface area contributed by atoms with Gasteiger partial charge in [-0.05, 0) is 55.2 Å². The van der Waals surface area contributed by atoms with Gasteiger partial charge in [0.1, 0.15) is 12.4 Å². The maximum atomic E-state index is 14.1. The monoisotopic (exact) mass is 441 g/mol. The van der Waals surface area contributed by atoms with Crippen molar-refractivity contribution in [3.05, 3.63) is 77.5 Å². The lowest BCUT2D eigenvalue weighted by molar-refractivity contribution is 0.103. The van der Waals surface area contributed by atoms with Gasteiger partial charge in [0.15, 0.2) is 17.4 Å². The van der Waals surface area contributed by atoms with E-state index in [0.29, 0.717) is 50.9 Å². The molecule has 1 saturated carbocycles. The number of benzene rings is 1. The second kappa shape index (κ2) is 7.51. The lowest BCUT2D eigenvalue weighted by Crippen LogP contribution is -2.11. The van der Waals surface area contributed by atoms with Crippen molar-refractivity contribution in [1.82, 2.24) is 19.7 Å². The third-order valence-electron chi connectivity index (χ3n) is 6.13. The molecule has 33 heavy (non-hydrogen) atoms. The highest BCUT2D eigenvalue weighted by atomic mass is 19.1. The third-order valence-corrected chi connectivity index (χ3v) is 6.13. The minimum Gasteiger partial charge on any atom is -0.485 e. The van der Waals surface area contributed by atoms with Crippen LogP contribution in [0.5, 0.6) is 5.75 Å². The number of ketones is 1. The van der Waals surface area contributed by atoms with E-state index in [4.69, 9.17) is 10.5 Å². The fourth-order valence-corrected chi connectivity index (χ4v) is 4.26. The highest BCUT2D eigenvalue weighted by Gasteiger charge is 2.29. The fraction of sp³-hybridized carbons (Fsp3) is 0.200. The van der Waals surface area contributed by atoms with E-state index in [9.17, 15) is 9.18 Å². The quantitative estimate of drug-likeness (QED) is 0.499. The predicted molar refractivity (Wildman–Crippen MR) is 120 cm³/mol. The first-order valence-electron chi connectivity index (χ1n) is 10.8. The first-order valence-corrected chi connectivity index (χ1v) is 10.8. The Morgan fingerprint density at radius 1 is 1.09 bits per heavy atom. The zero-order valence-corrected chi connectivity index (χ0v) is 17.7. The van der Waals surface area contributed by atoms with Gasteiger partial charge in [-0.15, -0.1) is 0 Å². The number of hydrogen-bond acceptors (Lipinski definition) is 6. The molecule has 1 fully saturated rings. The summed E-state index contributed by atoms with van der Waals surface area (Å²) >= 11 is 0. The van der Waals surface area contributed by atoms with Crippen LogP contribution in [-0.2, 0) is 13.2 Å². The van der Waals surface area contributed by atoms with Gasteiger partial charge in [-0.25, -0.2) is 9.37 Å². The number of pyridine rings is 2. The number of nitrogens with zero attached hydrogens (tertiary/aromatic N) is 4. The van der Waals surface area contributed by atoms with E-state index in [-0.39, 0.29) is 18.2 Å². The Kier molecular flexibility index (Phi) is 4.46. The Bertz CT molecular complexity index is 1410. The molecule has 6 rings (SSSR count). The van der Waals surface area contributed by atoms with Gasteiger partial charge < -0.3 is 10.5 Å². The summed E-state index contributed by atoms with van der Waals surface area (Å²) in [6, 6.07) is 9.58. The van der Waals surface area contributed by atoms with Crippen LogP contribution >= 0.6 is 0 Å². The van der Waals surface area contributed by atoms with E-state index < -0.39 is 5.82 Å². The van der Waals surface area contributed by atoms with E-state index in [1.54, 1.807) is 42.9 Å². The lowest BCUT2D eigenvalue weighted by atomic mass is 9.94. The van der Waals surface area contributed by atoms with Crippen LogP contribution in [-0.4, -0.2) is 25.5 Å². The Labute approximate surface area is 189 Å². The molecule has 1 aliphatic heterocycles. The van der Waals surface area contributed by atoms with Crippen LogP contribution in [0.2, 0.25) is 0 Å². The van der Waals surface area contributed by atoms with Crippen molar-refractivity contribution in [2.24, 2.45) is 5.92 Å². The summed E-state index contributed by atoms with van der Waals surface area (Å²) < 4.78 is 22.0. The van der Waals surface area contributed by atoms with Crippen LogP contribution in [0.1, 0.15) is 34.3 Å². The summed E-state index contributed by atoms with van der Waals surface area (Å²) in [5.74, 6) is 0.524. The van der Waals surface area contributed by atoms with Crippen LogP contribution in [0.15, 0.2) is 55.0 Å². The van der Waals surface area contributed by atoms with Crippen LogP contribution in [0.4, 0.5) is 10.2 Å². The minimum absolute atomic E-state index is 0.0425. The summed E-state index contributed by atoms with van der Waals surface area (Å²) in [5, 5.41) is 4.55. The molecular weight excluding hydrogens is 421 g/mol.